The minimum atomic E-state index is -0.623. The average Bonchev–Trinajstić information content (AvgIpc) is 3.19. The molecule has 8 heteroatoms. The zero-order valence-corrected chi connectivity index (χ0v) is 13.0. The van der Waals surface area contributed by atoms with E-state index in [1.165, 1.54) is 23.0 Å². The quantitative estimate of drug-likeness (QED) is 0.893. The molecule has 1 aliphatic carbocycles. The van der Waals surface area contributed by atoms with E-state index >= 15 is 0 Å². The summed E-state index contributed by atoms with van der Waals surface area (Å²) in [6, 6.07) is 4.45. The van der Waals surface area contributed by atoms with Crippen LogP contribution in [0.25, 0.3) is 5.69 Å². The summed E-state index contributed by atoms with van der Waals surface area (Å²) < 4.78 is 15.1. The molecule has 1 aliphatic rings. The van der Waals surface area contributed by atoms with E-state index in [2.05, 4.69) is 15.6 Å². The molecule has 2 atom stereocenters. The lowest BCUT2D eigenvalue weighted by atomic mass is 10.1. The minimum Gasteiger partial charge on any atom is -0.396 e. The second kappa shape index (κ2) is 6.64. The van der Waals surface area contributed by atoms with Gasteiger partial charge in [-0.3, -0.25) is 4.79 Å². The molecule has 1 aromatic carbocycles. The molecular weight excluding hydrogens is 323 g/mol. The number of benzene rings is 1. The number of nitrogens with one attached hydrogen (secondary N) is 1. The van der Waals surface area contributed by atoms with Crippen molar-refractivity contribution in [2.45, 2.75) is 25.3 Å². The Kier molecular flexibility index (Phi) is 4.58. The van der Waals surface area contributed by atoms with E-state index < -0.39 is 5.82 Å². The van der Waals surface area contributed by atoms with Crippen molar-refractivity contribution in [2.75, 3.05) is 6.61 Å². The van der Waals surface area contributed by atoms with E-state index in [0.29, 0.717) is 0 Å². The molecule has 1 heterocycles. The Balaban J connectivity index is 1.76. The SMILES string of the molecule is O=C(N[C@@H]1CCC[C@@H]1CO)c1cn(-c2cccc(Cl)c2F)nn1. The van der Waals surface area contributed by atoms with Gasteiger partial charge in [-0.25, -0.2) is 9.07 Å². The first-order valence-electron chi connectivity index (χ1n) is 7.38. The van der Waals surface area contributed by atoms with Gasteiger partial charge in [0.2, 0.25) is 0 Å². The van der Waals surface area contributed by atoms with E-state index in [4.69, 9.17) is 11.6 Å². The second-order valence-corrected chi connectivity index (χ2v) is 5.98. The second-order valence-electron chi connectivity index (χ2n) is 5.57. The third-order valence-electron chi connectivity index (χ3n) is 4.11. The molecule has 0 bridgehead atoms. The molecule has 1 fully saturated rings. The van der Waals surface area contributed by atoms with E-state index in [1.807, 2.05) is 0 Å². The highest BCUT2D eigenvalue weighted by Crippen LogP contribution is 2.25. The number of aliphatic hydroxyl groups is 1. The largest absolute Gasteiger partial charge is 0.396 e. The summed E-state index contributed by atoms with van der Waals surface area (Å²) in [5.41, 5.74) is 0.214. The number of hydrogen-bond acceptors (Lipinski definition) is 4. The number of hydrogen-bond donors (Lipinski definition) is 2. The van der Waals surface area contributed by atoms with Gasteiger partial charge in [-0.05, 0) is 25.0 Å². The molecule has 122 valence electrons. The fraction of sp³-hybridized carbons (Fsp3) is 0.400. The van der Waals surface area contributed by atoms with Crippen molar-refractivity contribution >= 4 is 17.5 Å². The first-order chi connectivity index (χ1) is 11.1. The van der Waals surface area contributed by atoms with Crippen LogP contribution in [0.15, 0.2) is 24.4 Å². The molecule has 2 N–H and O–H groups in total. The van der Waals surface area contributed by atoms with Crippen LogP contribution in [-0.2, 0) is 0 Å². The fourth-order valence-corrected chi connectivity index (χ4v) is 3.01. The van der Waals surface area contributed by atoms with E-state index in [9.17, 15) is 14.3 Å². The highest BCUT2D eigenvalue weighted by Gasteiger charge is 2.28. The molecule has 1 amide bonds. The number of rotatable bonds is 4. The Morgan fingerprint density at radius 2 is 2.30 bits per heavy atom. The normalized spacial score (nSPS) is 20.7. The number of aromatic nitrogens is 3. The summed E-state index contributed by atoms with van der Waals surface area (Å²) >= 11 is 5.74. The molecule has 2 aromatic rings. The average molecular weight is 339 g/mol. The van der Waals surface area contributed by atoms with Gasteiger partial charge >= 0.3 is 0 Å². The molecule has 1 saturated carbocycles. The third-order valence-corrected chi connectivity index (χ3v) is 4.41. The van der Waals surface area contributed by atoms with Gasteiger partial charge in [0.05, 0.1) is 11.2 Å². The molecule has 3 rings (SSSR count). The van der Waals surface area contributed by atoms with E-state index in [-0.39, 0.29) is 40.9 Å². The fourth-order valence-electron chi connectivity index (χ4n) is 2.84. The summed E-state index contributed by atoms with van der Waals surface area (Å²) in [6.45, 7) is 0.0470. The lowest BCUT2D eigenvalue weighted by molar-refractivity contribution is 0.0911. The summed E-state index contributed by atoms with van der Waals surface area (Å²) in [6.07, 6.45) is 4.04. The van der Waals surface area contributed by atoms with Crippen LogP contribution >= 0.6 is 11.6 Å². The molecular formula is C15H16ClFN4O2. The first kappa shape index (κ1) is 15.9. The Labute approximate surface area is 137 Å². The number of nitrogens with zero attached hydrogens (tertiary/aromatic N) is 3. The van der Waals surface area contributed by atoms with Crippen LogP contribution in [0.3, 0.4) is 0 Å². The maximum absolute atomic E-state index is 14.0. The van der Waals surface area contributed by atoms with Gasteiger partial charge in [-0.1, -0.05) is 29.3 Å². The smallest absolute Gasteiger partial charge is 0.273 e. The van der Waals surface area contributed by atoms with Gasteiger partial charge < -0.3 is 10.4 Å². The van der Waals surface area contributed by atoms with E-state index in [0.717, 1.165) is 19.3 Å². The lowest BCUT2D eigenvalue weighted by Gasteiger charge is -2.17. The highest BCUT2D eigenvalue weighted by molar-refractivity contribution is 6.30. The maximum atomic E-state index is 14.0. The van der Waals surface area contributed by atoms with Crippen molar-refractivity contribution in [1.29, 1.82) is 0 Å². The number of carbonyl (C=O) groups excluding carboxylic acids is 1. The van der Waals surface area contributed by atoms with Crippen LogP contribution in [0, 0.1) is 11.7 Å². The van der Waals surface area contributed by atoms with Crippen LogP contribution < -0.4 is 5.32 Å². The minimum absolute atomic E-state index is 0.0271. The molecule has 0 aliphatic heterocycles. The highest BCUT2D eigenvalue weighted by atomic mass is 35.5. The zero-order chi connectivity index (χ0) is 16.4. The van der Waals surface area contributed by atoms with Crippen LogP contribution in [0.5, 0.6) is 0 Å². The monoisotopic (exact) mass is 338 g/mol. The summed E-state index contributed by atoms with van der Waals surface area (Å²) in [7, 11) is 0. The van der Waals surface area contributed by atoms with Crippen molar-refractivity contribution in [3.8, 4) is 5.69 Å². The number of aliphatic hydroxyl groups excluding tert-OH is 1. The predicted molar refractivity (Wildman–Crippen MR) is 82.0 cm³/mol. The van der Waals surface area contributed by atoms with Crippen molar-refractivity contribution < 1.29 is 14.3 Å². The summed E-state index contributed by atoms with van der Waals surface area (Å²) in [4.78, 5) is 12.2. The standard InChI is InChI=1S/C15H16ClFN4O2/c16-10-4-2-6-13(14(10)17)21-7-12(19-20-21)15(23)18-11-5-1-3-9(11)8-22/h2,4,6-7,9,11,22H,1,3,5,8H2,(H,18,23)/t9-,11-/m1/s1. The molecule has 0 unspecified atom stereocenters. The molecule has 6 nitrogen and oxygen atoms in total. The molecule has 0 saturated heterocycles. The predicted octanol–water partition coefficient (Wildman–Crippen LogP) is 1.95. The molecule has 0 spiro atoms. The lowest BCUT2D eigenvalue weighted by Crippen LogP contribution is -2.38. The molecule has 23 heavy (non-hydrogen) atoms. The van der Waals surface area contributed by atoms with Gasteiger partial charge in [0.15, 0.2) is 11.5 Å². The van der Waals surface area contributed by atoms with Gasteiger partial charge in [-0.2, -0.15) is 0 Å². The van der Waals surface area contributed by atoms with Crippen molar-refractivity contribution in [3.63, 3.8) is 0 Å². The summed E-state index contributed by atoms with van der Waals surface area (Å²) in [5.74, 6) is -0.939. The van der Waals surface area contributed by atoms with Crippen LogP contribution in [0.1, 0.15) is 29.8 Å². The summed E-state index contributed by atoms with van der Waals surface area (Å²) in [5, 5.41) is 19.7. The van der Waals surface area contributed by atoms with Gasteiger partial charge in [0.1, 0.15) is 5.69 Å². The maximum Gasteiger partial charge on any atom is 0.273 e. The molecule has 1 aromatic heterocycles. The van der Waals surface area contributed by atoms with Crippen molar-refractivity contribution in [3.05, 3.63) is 40.9 Å². The number of carbonyl (C=O) groups is 1. The van der Waals surface area contributed by atoms with Gasteiger partial charge in [0, 0.05) is 18.6 Å². The van der Waals surface area contributed by atoms with Gasteiger partial charge in [0.25, 0.3) is 5.91 Å². The van der Waals surface area contributed by atoms with Crippen LogP contribution in [0.4, 0.5) is 4.39 Å². The Hall–Kier alpha value is -1.99. The van der Waals surface area contributed by atoms with Crippen LogP contribution in [-0.4, -0.2) is 38.7 Å². The third kappa shape index (κ3) is 3.20. The topological polar surface area (TPSA) is 80.0 Å². The zero-order valence-electron chi connectivity index (χ0n) is 12.2. The van der Waals surface area contributed by atoms with Crippen molar-refractivity contribution in [2.24, 2.45) is 5.92 Å². The van der Waals surface area contributed by atoms with Crippen molar-refractivity contribution in [1.82, 2.24) is 20.3 Å². The molecule has 0 radical (unpaired) electrons. The Morgan fingerprint density at radius 1 is 1.48 bits per heavy atom. The van der Waals surface area contributed by atoms with Crippen LogP contribution in [0.2, 0.25) is 5.02 Å². The Morgan fingerprint density at radius 3 is 3.09 bits per heavy atom. The number of halogens is 2. The van der Waals surface area contributed by atoms with Gasteiger partial charge in [-0.15, -0.1) is 5.10 Å². The Bertz CT molecular complexity index is 721. The first-order valence-corrected chi connectivity index (χ1v) is 7.76. The number of amides is 1. The van der Waals surface area contributed by atoms with E-state index in [1.54, 1.807) is 6.07 Å².